The van der Waals surface area contributed by atoms with Gasteiger partial charge < -0.3 is 15.4 Å². The third-order valence-electron chi connectivity index (χ3n) is 6.10. The first-order valence-corrected chi connectivity index (χ1v) is 13.5. The fourth-order valence-electron chi connectivity index (χ4n) is 4.34. The van der Waals surface area contributed by atoms with E-state index in [-0.39, 0.29) is 29.2 Å². The fraction of sp³-hybridized carbons (Fsp3) is 0.292. The average Bonchev–Trinajstić information content (AvgIpc) is 3.47. The van der Waals surface area contributed by atoms with Gasteiger partial charge in [0.25, 0.3) is 0 Å². The van der Waals surface area contributed by atoms with Gasteiger partial charge in [0.05, 0.1) is 39.2 Å². The molecule has 0 unspecified atom stereocenters. The number of nitrogens with one attached hydrogen (secondary N) is 2. The molecule has 0 atom stereocenters. The molecule has 4 aromatic rings. The Kier molecular flexibility index (Phi) is 6.08. The minimum absolute atomic E-state index is 0.0521. The number of thiazole rings is 1. The van der Waals surface area contributed by atoms with Gasteiger partial charge in [0.2, 0.25) is 0 Å². The van der Waals surface area contributed by atoms with E-state index < -0.39 is 9.84 Å². The molecule has 3 heterocycles. The molecule has 1 aliphatic carbocycles. The van der Waals surface area contributed by atoms with E-state index >= 15 is 0 Å². The highest BCUT2D eigenvalue weighted by molar-refractivity contribution is 7.91. The molecule has 10 heteroatoms. The lowest BCUT2D eigenvalue weighted by Gasteiger charge is -2.36. The van der Waals surface area contributed by atoms with Crippen LogP contribution >= 0.6 is 11.3 Å². The number of aliphatic hydroxyl groups excluding tert-OH is 1. The van der Waals surface area contributed by atoms with Crippen LogP contribution in [0.4, 0.5) is 5.69 Å². The van der Waals surface area contributed by atoms with Crippen molar-refractivity contribution < 1.29 is 13.5 Å². The number of benzene rings is 1. The number of aromatic nitrogens is 3. The summed E-state index contributed by atoms with van der Waals surface area (Å²) in [5, 5.41) is 25.6. The third-order valence-corrected chi connectivity index (χ3v) is 8.91. The summed E-state index contributed by atoms with van der Waals surface area (Å²) in [5.74, 6) is 0.121. The largest absolute Gasteiger partial charge is 0.396 e. The van der Waals surface area contributed by atoms with E-state index in [2.05, 4.69) is 20.3 Å². The number of sulfone groups is 1. The molecule has 34 heavy (non-hydrogen) atoms. The van der Waals surface area contributed by atoms with Crippen molar-refractivity contribution in [2.24, 2.45) is 5.92 Å². The normalized spacial score (nSPS) is 17.9. The third kappa shape index (κ3) is 4.42. The summed E-state index contributed by atoms with van der Waals surface area (Å²) < 4.78 is 25.7. The van der Waals surface area contributed by atoms with Crippen LogP contribution in [0.2, 0.25) is 0 Å². The molecule has 3 N–H and O–H groups in total. The lowest BCUT2D eigenvalue weighted by molar-refractivity contribution is 0.298. The molecule has 174 valence electrons. The van der Waals surface area contributed by atoms with Crippen molar-refractivity contribution in [3.05, 3.63) is 59.4 Å². The van der Waals surface area contributed by atoms with Crippen LogP contribution < -0.4 is 5.32 Å². The first-order valence-electron chi connectivity index (χ1n) is 11.0. The number of nitriles is 1. The monoisotopic (exact) mass is 493 g/mol. The molecule has 0 saturated heterocycles. The first kappa shape index (κ1) is 22.5. The summed E-state index contributed by atoms with van der Waals surface area (Å²) in [4.78, 5) is 12.5. The first-order chi connectivity index (χ1) is 16.5. The van der Waals surface area contributed by atoms with Crippen molar-refractivity contribution >= 4 is 37.9 Å². The van der Waals surface area contributed by atoms with E-state index in [1.165, 1.54) is 17.4 Å². The zero-order valence-electron chi connectivity index (χ0n) is 18.2. The van der Waals surface area contributed by atoms with Crippen LogP contribution in [0.15, 0.2) is 53.0 Å². The summed E-state index contributed by atoms with van der Waals surface area (Å²) >= 11 is 1.51. The van der Waals surface area contributed by atoms with Gasteiger partial charge in [0.1, 0.15) is 10.7 Å². The summed E-state index contributed by atoms with van der Waals surface area (Å²) in [6.45, 7) is 0.0521. The maximum absolute atomic E-state index is 12.8. The number of hydrogen-bond donors (Lipinski definition) is 3. The van der Waals surface area contributed by atoms with Gasteiger partial charge in [-0.1, -0.05) is 6.07 Å². The Morgan fingerprint density at radius 2 is 2.15 bits per heavy atom. The number of nitrogens with zero attached hydrogens (tertiary/aromatic N) is 3. The highest BCUT2D eigenvalue weighted by Crippen LogP contribution is 2.39. The lowest BCUT2D eigenvalue weighted by Crippen LogP contribution is -2.39. The van der Waals surface area contributed by atoms with Crippen molar-refractivity contribution in [1.82, 2.24) is 15.0 Å². The predicted molar refractivity (Wildman–Crippen MR) is 131 cm³/mol. The number of fused-ring (bicyclic) bond motifs is 1. The SMILES string of the molecule is N#Cc1cccc(S(=O)(=O)CC2CC(Nc3c(-c4nc(CCO)cs4)cnc4[nH]ccc34)C2)c1. The average molecular weight is 494 g/mol. The molecular formula is C24H23N5O3S2. The highest BCUT2D eigenvalue weighted by Gasteiger charge is 2.34. The molecule has 1 aliphatic rings. The van der Waals surface area contributed by atoms with Crippen LogP contribution in [0.5, 0.6) is 0 Å². The number of H-pyrrole nitrogens is 1. The maximum atomic E-state index is 12.8. The van der Waals surface area contributed by atoms with Crippen molar-refractivity contribution in [2.45, 2.75) is 30.2 Å². The van der Waals surface area contributed by atoms with Crippen LogP contribution in [0.25, 0.3) is 21.6 Å². The summed E-state index contributed by atoms with van der Waals surface area (Å²) in [6.07, 6.45) is 5.62. The molecule has 8 nitrogen and oxygen atoms in total. The van der Waals surface area contributed by atoms with Crippen molar-refractivity contribution in [2.75, 3.05) is 17.7 Å². The molecule has 0 bridgehead atoms. The molecule has 1 fully saturated rings. The number of aliphatic hydroxyl groups is 1. The number of anilines is 1. The van der Waals surface area contributed by atoms with Crippen molar-refractivity contribution in [3.63, 3.8) is 0 Å². The number of pyridine rings is 1. The van der Waals surface area contributed by atoms with Gasteiger partial charge in [-0.15, -0.1) is 11.3 Å². The summed E-state index contributed by atoms with van der Waals surface area (Å²) in [5.41, 5.74) is 3.79. The van der Waals surface area contributed by atoms with E-state index in [0.29, 0.717) is 12.0 Å². The highest BCUT2D eigenvalue weighted by atomic mass is 32.2. The molecule has 0 amide bonds. The van der Waals surface area contributed by atoms with E-state index in [1.807, 2.05) is 23.7 Å². The van der Waals surface area contributed by atoms with E-state index in [1.54, 1.807) is 24.4 Å². The second kappa shape index (κ2) is 9.18. The summed E-state index contributed by atoms with van der Waals surface area (Å²) in [6, 6.07) is 10.3. The Morgan fingerprint density at radius 3 is 2.94 bits per heavy atom. The van der Waals surface area contributed by atoms with Gasteiger partial charge in [-0.2, -0.15) is 5.26 Å². The molecule has 0 spiro atoms. The maximum Gasteiger partial charge on any atom is 0.178 e. The lowest BCUT2D eigenvalue weighted by atomic mass is 9.81. The van der Waals surface area contributed by atoms with Crippen LogP contribution in [-0.2, 0) is 16.3 Å². The Balaban J connectivity index is 1.32. The van der Waals surface area contributed by atoms with Crippen LogP contribution in [0, 0.1) is 17.2 Å². The van der Waals surface area contributed by atoms with Crippen molar-refractivity contribution in [3.8, 4) is 16.6 Å². The van der Waals surface area contributed by atoms with Gasteiger partial charge in [-0.3, -0.25) is 0 Å². The minimum atomic E-state index is -3.45. The van der Waals surface area contributed by atoms with E-state index in [9.17, 15) is 13.5 Å². The molecule has 0 aliphatic heterocycles. The van der Waals surface area contributed by atoms with Gasteiger partial charge >= 0.3 is 0 Å². The van der Waals surface area contributed by atoms with Crippen LogP contribution in [-0.4, -0.2) is 46.9 Å². The van der Waals surface area contributed by atoms with Crippen LogP contribution in [0.3, 0.4) is 0 Å². The molecule has 5 rings (SSSR count). The standard InChI is InChI=1S/C24H23N5O3S2/c25-11-15-2-1-3-19(10-15)34(31,32)14-16-8-18(9-16)28-22-20-4-6-26-23(20)27-12-21(22)24-29-17(5-7-30)13-33-24/h1-4,6,10,12-13,16,18,30H,5,7-9,14H2,(H2,26,27,28). The quantitative estimate of drug-likeness (QED) is 0.340. The zero-order valence-corrected chi connectivity index (χ0v) is 19.9. The second-order valence-electron chi connectivity index (χ2n) is 8.50. The summed E-state index contributed by atoms with van der Waals surface area (Å²) in [7, 11) is -3.45. The Morgan fingerprint density at radius 1 is 1.29 bits per heavy atom. The topological polar surface area (TPSA) is 132 Å². The van der Waals surface area contributed by atoms with E-state index in [0.717, 1.165) is 45.8 Å². The number of aromatic amines is 1. The molecule has 3 aromatic heterocycles. The smallest absolute Gasteiger partial charge is 0.178 e. The minimum Gasteiger partial charge on any atom is -0.396 e. The molecule has 1 aromatic carbocycles. The Bertz CT molecular complexity index is 1480. The van der Waals surface area contributed by atoms with Crippen molar-refractivity contribution in [1.29, 1.82) is 5.26 Å². The Hall–Kier alpha value is -3.26. The van der Waals surface area contributed by atoms with Crippen LogP contribution in [0.1, 0.15) is 24.1 Å². The van der Waals surface area contributed by atoms with Gasteiger partial charge in [0.15, 0.2) is 9.84 Å². The van der Waals surface area contributed by atoms with E-state index in [4.69, 9.17) is 5.26 Å². The molecule has 0 radical (unpaired) electrons. The number of rotatable bonds is 8. The zero-order chi connectivity index (χ0) is 23.7. The molecular weight excluding hydrogens is 470 g/mol. The predicted octanol–water partition coefficient (Wildman–Crippen LogP) is 3.76. The second-order valence-corrected chi connectivity index (χ2v) is 11.4. The Labute approximate surface area is 201 Å². The van der Waals surface area contributed by atoms with Gasteiger partial charge in [0, 0.05) is 42.2 Å². The molecule has 1 saturated carbocycles. The fourth-order valence-corrected chi connectivity index (χ4v) is 6.89. The van der Waals surface area contributed by atoms with Gasteiger partial charge in [-0.25, -0.2) is 18.4 Å². The number of hydrogen-bond acceptors (Lipinski definition) is 8. The van der Waals surface area contributed by atoms with Gasteiger partial charge in [-0.05, 0) is 43.0 Å².